The second kappa shape index (κ2) is 10.6. The van der Waals surface area contributed by atoms with Crippen LogP contribution in [0.1, 0.15) is 36.7 Å². The second-order valence-corrected chi connectivity index (χ2v) is 7.08. The lowest BCUT2D eigenvalue weighted by atomic mass is 10.1. The van der Waals surface area contributed by atoms with E-state index >= 15 is 0 Å². The summed E-state index contributed by atoms with van der Waals surface area (Å²) in [5.41, 5.74) is 1.29. The lowest BCUT2D eigenvalue weighted by molar-refractivity contribution is -0.112. The van der Waals surface area contributed by atoms with Crippen LogP contribution in [0.4, 0.5) is 5.69 Å². The molecule has 2 aromatic carbocycles. The summed E-state index contributed by atoms with van der Waals surface area (Å²) in [6, 6.07) is 12.1. The van der Waals surface area contributed by atoms with Crippen molar-refractivity contribution in [1.29, 1.82) is 5.26 Å². The predicted molar refractivity (Wildman–Crippen MR) is 120 cm³/mol. The molecule has 0 saturated carbocycles. The molecule has 29 heavy (non-hydrogen) atoms. The van der Waals surface area contributed by atoms with E-state index in [1.54, 1.807) is 30.3 Å². The minimum absolute atomic E-state index is 0.0919. The monoisotopic (exact) mass is 504 g/mol. The van der Waals surface area contributed by atoms with Gasteiger partial charge in [-0.05, 0) is 79.3 Å². The average molecular weight is 504 g/mol. The molecule has 1 amide bonds. The molecule has 0 bridgehead atoms. The molecule has 0 aliphatic rings. The van der Waals surface area contributed by atoms with Crippen LogP contribution in [0.3, 0.4) is 0 Å². The van der Waals surface area contributed by atoms with Gasteiger partial charge in [0.05, 0.1) is 22.5 Å². The summed E-state index contributed by atoms with van der Waals surface area (Å²) in [5.74, 6) is 0.409. The van der Waals surface area contributed by atoms with Crippen LogP contribution in [0.25, 0.3) is 6.08 Å². The molecular weight excluding hydrogens is 483 g/mol. The average Bonchev–Trinajstić information content (AvgIpc) is 2.69. The number of nitrogens with zero attached hydrogens (tertiary/aromatic N) is 1. The Morgan fingerprint density at radius 3 is 2.48 bits per heavy atom. The van der Waals surface area contributed by atoms with Gasteiger partial charge < -0.3 is 14.8 Å². The van der Waals surface area contributed by atoms with E-state index in [9.17, 15) is 14.9 Å². The highest BCUT2D eigenvalue weighted by molar-refractivity contribution is 14.1. The summed E-state index contributed by atoms with van der Waals surface area (Å²) in [6.45, 7) is 6.12. The number of anilines is 1. The van der Waals surface area contributed by atoms with Gasteiger partial charge in [0.2, 0.25) is 0 Å². The fourth-order valence-electron chi connectivity index (χ4n) is 2.62. The molecule has 1 N–H and O–H groups in total. The zero-order valence-corrected chi connectivity index (χ0v) is 18.6. The Labute approximate surface area is 183 Å². The number of nitriles is 1. The topological polar surface area (TPSA) is 88.4 Å². The Morgan fingerprint density at radius 1 is 1.17 bits per heavy atom. The third kappa shape index (κ3) is 5.81. The molecule has 0 aliphatic heterocycles. The maximum absolute atomic E-state index is 12.6. The Morgan fingerprint density at radius 2 is 1.86 bits per heavy atom. The summed E-state index contributed by atoms with van der Waals surface area (Å²) >= 11 is 2.13. The molecule has 7 heteroatoms. The first-order valence-electron chi connectivity index (χ1n) is 9.03. The van der Waals surface area contributed by atoms with E-state index in [1.165, 1.54) is 13.0 Å². The number of benzene rings is 2. The number of hydrogen-bond acceptors (Lipinski definition) is 5. The Hall–Kier alpha value is -2.86. The van der Waals surface area contributed by atoms with Crippen molar-refractivity contribution in [2.24, 2.45) is 0 Å². The maximum atomic E-state index is 12.6. The lowest BCUT2D eigenvalue weighted by Gasteiger charge is -2.14. The molecule has 2 rings (SSSR count). The quantitative estimate of drug-likeness (QED) is 0.241. The highest BCUT2D eigenvalue weighted by atomic mass is 127. The van der Waals surface area contributed by atoms with E-state index in [0.717, 1.165) is 3.57 Å². The summed E-state index contributed by atoms with van der Waals surface area (Å²) < 4.78 is 12.1. The first-order chi connectivity index (χ1) is 13.9. The van der Waals surface area contributed by atoms with E-state index in [1.807, 2.05) is 26.0 Å². The first kappa shape index (κ1) is 22.4. The highest BCUT2D eigenvalue weighted by Gasteiger charge is 2.15. The van der Waals surface area contributed by atoms with E-state index in [4.69, 9.17) is 9.47 Å². The molecule has 0 spiro atoms. The van der Waals surface area contributed by atoms with Gasteiger partial charge in [-0.2, -0.15) is 5.26 Å². The number of carbonyl (C=O) groups is 2. The van der Waals surface area contributed by atoms with Crippen LogP contribution >= 0.6 is 22.6 Å². The number of hydrogen-bond donors (Lipinski definition) is 1. The van der Waals surface area contributed by atoms with Crippen molar-refractivity contribution in [3.8, 4) is 17.6 Å². The van der Waals surface area contributed by atoms with Crippen LogP contribution in [0.2, 0.25) is 0 Å². The van der Waals surface area contributed by atoms with Crippen molar-refractivity contribution >= 4 is 46.0 Å². The fourth-order valence-corrected chi connectivity index (χ4v) is 3.40. The third-order valence-electron chi connectivity index (χ3n) is 3.85. The molecule has 0 heterocycles. The minimum atomic E-state index is -0.594. The van der Waals surface area contributed by atoms with Crippen molar-refractivity contribution in [1.82, 2.24) is 0 Å². The summed E-state index contributed by atoms with van der Waals surface area (Å²) in [5, 5.41) is 12.1. The van der Waals surface area contributed by atoms with Gasteiger partial charge in [-0.1, -0.05) is 12.1 Å². The van der Waals surface area contributed by atoms with Crippen molar-refractivity contribution in [3.63, 3.8) is 0 Å². The van der Waals surface area contributed by atoms with Gasteiger partial charge in [0.25, 0.3) is 5.91 Å². The third-order valence-corrected chi connectivity index (χ3v) is 4.65. The summed E-state index contributed by atoms with van der Waals surface area (Å²) in [6.07, 6.45) is 1.48. The van der Waals surface area contributed by atoms with Gasteiger partial charge >= 0.3 is 0 Å². The van der Waals surface area contributed by atoms with Crippen LogP contribution in [-0.4, -0.2) is 24.9 Å². The first-order valence-corrected chi connectivity index (χ1v) is 10.1. The van der Waals surface area contributed by atoms with E-state index in [0.29, 0.717) is 41.5 Å². The lowest BCUT2D eigenvalue weighted by Crippen LogP contribution is -2.15. The Bertz CT molecular complexity index is 993. The summed E-state index contributed by atoms with van der Waals surface area (Å²) in [4.78, 5) is 24.4. The number of halogens is 1. The van der Waals surface area contributed by atoms with Crippen LogP contribution < -0.4 is 14.8 Å². The highest BCUT2D eigenvalue weighted by Crippen LogP contribution is 2.35. The van der Waals surface area contributed by atoms with Crippen LogP contribution in [0, 0.1) is 14.9 Å². The molecule has 0 radical (unpaired) electrons. The van der Waals surface area contributed by atoms with Crippen molar-refractivity contribution in [3.05, 3.63) is 56.7 Å². The maximum Gasteiger partial charge on any atom is 0.266 e. The van der Waals surface area contributed by atoms with Gasteiger partial charge in [0, 0.05) is 5.56 Å². The fraction of sp³-hybridized carbons (Fsp3) is 0.227. The van der Waals surface area contributed by atoms with Crippen LogP contribution in [-0.2, 0) is 4.79 Å². The number of amides is 1. The minimum Gasteiger partial charge on any atom is -0.490 e. The second-order valence-electron chi connectivity index (χ2n) is 5.92. The molecule has 0 atom stereocenters. The van der Waals surface area contributed by atoms with Gasteiger partial charge in [-0.15, -0.1) is 0 Å². The van der Waals surface area contributed by atoms with E-state index in [2.05, 4.69) is 27.9 Å². The van der Waals surface area contributed by atoms with Gasteiger partial charge in [0.1, 0.15) is 11.6 Å². The zero-order valence-electron chi connectivity index (χ0n) is 16.4. The number of para-hydroxylation sites is 1. The number of Topliss-reactive ketones (excluding diaryl/α,β-unsaturated/α-hetero) is 1. The predicted octanol–water partition coefficient (Wildman–Crippen LogP) is 4.84. The largest absolute Gasteiger partial charge is 0.490 e. The normalized spacial score (nSPS) is 10.8. The molecule has 150 valence electrons. The summed E-state index contributed by atoms with van der Waals surface area (Å²) in [7, 11) is 0. The molecule has 2 aromatic rings. The van der Waals surface area contributed by atoms with Crippen molar-refractivity contribution in [2.75, 3.05) is 18.5 Å². The van der Waals surface area contributed by atoms with E-state index < -0.39 is 5.91 Å². The molecule has 0 unspecified atom stereocenters. The molecular formula is C22H21IN2O4. The molecule has 0 aromatic heterocycles. The number of carbonyl (C=O) groups excluding carboxylic acids is 2. The molecule has 0 saturated heterocycles. The smallest absolute Gasteiger partial charge is 0.266 e. The van der Waals surface area contributed by atoms with Gasteiger partial charge in [-0.3, -0.25) is 9.59 Å². The van der Waals surface area contributed by atoms with Crippen molar-refractivity contribution < 1.29 is 19.1 Å². The van der Waals surface area contributed by atoms with Gasteiger partial charge in [-0.25, -0.2) is 0 Å². The zero-order chi connectivity index (χ0) is 21.4. The Balaban J connectivity index is 2.38. The molecule has 0 fully saturated rings. The van der Waals surface area contributed by atoms with Gasteiger partial charge in [0.15, 0.2) is 17.3 Å². The number of rotatable bonds is 8. The van der Waals surface area contributed by atoms with Crippen LogP contribution in [0.15, 0.2) is 42.0 Å². The molecule has 0 aliphatic carbocycles. The number of ketones is 1. The standard InChI is InChI=1S/C22H21IN2O4/c1-4-28-20-12-15(11-18(23)21(20)29-5-2)10-16(13-24)22(27)25-19-9-7-6-8-17(19)14(3)26/h6-12H,4-5H2,1-3H3,(H,25,27)/b16-10-. The SMILES string of the molecule is CCOc1cc(/C=C(/C#N)C(=O)Nc2ccccc2C(C)=O)cc(I)c1OCC. The van der Waals surface area contributed by atoms with Crippen LogP contribution in [0.5, 0.6) is 11.5 Å². The number of ether oxygens (including phenoxy) is 2. The van der Waals surface area contributed by atoms with E-state index in [-0.39, 0.29) is 11.4 Å². The Kier molecular flexibility index (Phi) is 8.21. The molecule has 6 nitrogen and oxygen atoms in total. The number of nitrogens with one attached hydrogen (secondary N) is 1. The van der Waals surface area contributed by atoms with Crippen molar-refractivity contribution in [2.45, 2.75) is 20.8 Å².